The van der Waals surface area contributed by atoms with Crippen LogP contribution in [0.2, 0.25) is 0 Å². The third-order valence-electron chi connectivity index (χ3n) is 6.12. The summed E-state index contributed by atoms with van der Waals surface area (Å²) in [5, 5.41) is 16.5. The van der Waals surface area contributed by atoms with Gasteiger partial charge in [0, 0.05) is 35.1 Å². The molecule has 3 aromatic rings. The van der Waals surface area contributed by atoms with Crippen molar-refractivity contribution < 1.29 is 19.2 Å². The van der Waals surface area contributed by atoms with Crippen LogP contribution in [0.25, 0.3) is 10.9 Å². The Labute approximate surface area is 221 Å². The molecule has 11 nitrogen and oxygen atoms in total. The van der Waals surface area contributed by atoms with Gasteiger partial charge in [-0.05, 0) is 30.7 Å². The molecule has 12 heteroatoms. The summed E-state index contributed by atoms with van der Waals surface area (Å²) in [6.07, 6.45) is 2.04. The van der Waals surface area contributed by atoms with Gasteiger partial charge in [-0.3, -0.25) is 19.7 Å². The summed E-state index contributed by atoms with van der Waals surface area (Å²) in [6.45, 7) is 5.26. The summed E-state index contributed by atoms with van der Waals surface area (Å²) >= 11 is 3.38. The molecule has 194 valence electrons. The van der Waals surface area contributed by atoms with Crippen molar-refractivity contribution in [3.63, 3.8) is 0 Å². The van der Waals surface area contributed by atoms with Crippen LogP contribution < -0.4 is 10.3 Å². The van der Waals surface area contributed by atoms with E-state index in [-0.39, 0.29) is 41.0 Å². The molecule has 0 N–H and O–H groups in total. The smallest absolute Gasteiger partial charge is 0.311 e. The maximum Gasteiger partial charge on any atom is 0.311 e. The molecule has 1 aliphatic rings. The lowest BCUT2D eigenvalue weighted by molar-refractivity contribution is -0.385. The number of rotatable bonds is 8. The first-order valence-corrected chi connectivity index (χ1v) is 12.6. The fraction of sp³-hybridized carbons (Fsp3) is 0.360. The molecule has 0 radical (unpaired) electrons. The zero-order valence-electron chi connectivity index (χ0n) is 20.4. The zero-order valence-corrected chi connectivity index (χ0v) is 22.0. The summed E-state index contributed by atoms with van der Waals surface area (Å²) in [7, 11) is 0. The minimum Gasteiger partial charge on any atom is -0.476 e. The van der Waals surface area contributed by atoms with Crippen LogP contribution in [0.5, 0.6) is 5.75 Å². The second-order valence-electron chi connectivity index (χ2n) is 8.54. The van der Waals surface area contributed by atoms with E-state index in [1.54, 1.807) is 23.1 Å². The number of carbonyl (C=O) groups is 1. The van der Waals surface area contributed by atoms with Crippen molar-refractivity contribution in [2.24, 2.45) is 5.10 Å². The molecule has 1 saturated heterocycles. The Bertz CT molecular complexity index is 1420. The predicted octanol–water partition coefficient (Wildman–Crippen LogP) is 3.70. The molecule has 1 aromatic heterocycles. The molecule has 1 aliphatic heterocycles. The number of benzene rings is 2. The Morgan fingerprint density at radius 1 is 1.32 bits per heavy atom. The van der Waals surface area contributed by atoms with Gasteiger partial charge in [-0.25, -0.2) is 4.98 Å². The molecule has 37 heavy (non-hydrogen) atoms. The molecule has 0 spiro atoms. The molecule has 2 aromatic carbocycles. The third-order valence-corrected chi connectivity index (χ3v) is 6.62. The third kappa shape index (κ3) is 5.86. The van der Waals surface area contributed by atoms with Crippen molar-refractivity contribution >= 4 is 44.6 Å². The van der Waals surface area contributed by atoms with Crippen molar-refractivity contribution in [1.82, 2.24) is 14.6 Å². The van der Waals surface area contributed by atoms with Crippen LogP contribution in [-0.2, 0) is 9.53 Å². The van der Waals surface area contributed by atoms with Gasteiger partial charge in [0.15, 0.2) is 6.61 Å². The number of aromatic nitrogens is 2. The minimum absolute atomic E-state index is 0.0788. The number of hydrogen-bond acceptors (Lipinski definition) is 8. The fourth-order valence-corrected chi connectivity index (χ4v) is 4.24. The lowest BCUT2D eigenvalue weighted by atomic mass is 10.1. The molecular formula is C25H26BrN5O6. The van der Waals surface area contributed by atoms with Crippen LogP contribution >= 0.6 is 15.9 Å². The van der Waals surface area contributed by atoms with Gasteiger partial charge < -0.3 is 14.4 Å². The highest BCUT2D eigenvalue weighted by Crippen LogP contribution is 2.30. The average molecular weight is 572 g/mol. The number of halogens is 1. The van der Waals surface area contributed by atoms with Gasteiger partial charge >= 0.3 is 5.69 Å². The number of para-hydroxylation sites is 1. The molecule has 0 bridgehead atoms. The van der Waals surface area contributed by atoms with E-state index in [1.165, 1.54) is 23.0 Å². The highest BCUT2D eigenvalue weighted by Gasteiger charge is 2.23. The van der Waals surface area contributed by atoms with Gasteiger partial charge in [-0.2, -0.15) is 9.78 Å². The van der Waals surface area contributed by atoms with Gasteiger partial charge in [0.2, 0.25) is 5.75 Å². The minimum atomic E-state index is -0.586. The summed E-state index contributed by atoms with van der Waals surface area (Å²) in [4.78, 5) is 43.3. The molecule has 1 atom stereocenters. The van der Waals surface area contributed by atoms with E-state index in [1.807, 2.05) is 19.9 Å². The quantitative estimate of drug-likeness (QED) is 0.229. The molecular weight excluding hydrogens is 546 g/mol. The van der Waals surface area contributed by atoms with Crippen molar-refractivity contribution in [2.45, 2.75) is 26.2 Å². The highest BCUT2D eigenvalue weighted by atomic mass is 79.9. The number of ether oxygens (including phenoxy) is 2. The first-order chi connectivity index (χ1) is 17.8. The maximum absolute atomic E-state index is 13.4. The highest BCUT2D eigenvalue weighted by molar-refractivity contribution is 9.10. The van der Waals surface area contributed by atoms with Crippen molar-refractivity contribution in [1.29, 1.82) is 0 Å². The summed E-state index contributed by atoms with van der Waals surface area (Å²) in [5.41, 5.74) is 0.123. The summed E-state index contributed by atoms with van der Waals surface area (Å²) in [6, 6.07) is 9.61. The van der Waals surface area contributed by atoms with E-state index in [0.29, 0.717) is 43.0 Å². The first-order valence-electron chi connectivity index (χ1n) is 11.8. The van der Waals surface area contributed by atoms with Gasteiger partial charge in [0.1, 0.15) is 5.82 Å². The fourth-order valence-electron chi connectivity index (χ4n) is 3.88. The number of nitro groups is 1. The monoisotopic (exact) mass is 571 g/mol. The van der Waals surface area contributed by atoms with Gasteiger partial charge in [0.05, 0.1) is 35.3 Å². The SMILES string of the molecule is CC[C@H](C)c1nc2ccc(Br)cc2c(=O)n1N=Cc1cccc([N+](=O)[O-])c1OCC(=O)N1CCOCC1. The van der Waals surface area contributed by atoms with Crippen LogP contribution in [0, 0.1) is 10.1 Å². The topological polar surface area (TPSA) is 129 Å². The Balaban J connectivity index is 1.73. The van der Waals surface area contributed by atoms with Gasteiger partial charge in [-0.1, -0.05) is 35.8 Å². The van der Waals surface area contributed by atoms with Crippen molar-refractivity contribution in [2.75, 3.05) is 32.9 Å². The number of morpholine rings is 1. The largest absolute Gasteiger partial charge is 0.476 e. The Morgan fingerprint density at radius 2 is 2.08 bits per heavy atom. The molecule has 0 saturated carbocycles. The first kappa shape index (κ1) is 26.4. The number of nitro benzene ring substituents is 1. The van der Waals surface area contributed by atoms with Gasteiger partial charge in [0.25, 0.3) is 11.5 Å². The number of nitrogens with zero attached hydrogens (tertiary/aromatic N) is 5. The second kappa shape index (κ2) is 11.6. The molecule has 1 amide bonds. The second-order valence-corrected chi connectivity index (χ2v) is 9.45. The van der Waals surface area contributed by atoms with Gasteiger partial charge in [-0.15, -0.1) is 0 Å². The predicted molar refractivity (Wildman–Crippen MR) is 141 cm³/mol. The van der Waals surface area contributed by atoms with Crippen LogP contribution in [-0.4, -0.2) is 64.5 Å². The van der Waals surface area contributed by atoms with Crippen molar-refractivity contribution in [3.05, 3.63) is 72.7 Å². The average Bonchev–Trinajstić information content (AvgIpc) is 2.91. The van der Waals surface area contributed by atoms with E-state index in [4.69, 9.17) is 9.47 Å². The summed E-state index contributed by atoms with van der Waals surface area (Å²) in [5.74, 6) is -0.0183. The standard InChI is InChI=1S/C25H26BrN5O6/c1-3-16(2)24-28-20-8-7-18(26)13-19(20)25(33)30(24)27-14-17-5-4-6-21(31(34)35)23(17)37-15-22(32)29-9-11-36-12-10-29/h4-8,13-14,16H,3,9-12,15H2,1-2H3/t16-/m0/s1. The van der Waals surface area contributed by atoms with Crippen LogP contribution in [0.1, 0.15) is 37.6 Å². The van der Waals surface area contributed by atoms with E-state index < -0.39 is 4.92 Å². The Kier molecular flexibility index (Phi) is 8.29. The Hall–Kier alpha value is -3.64. The van der Waals surface area contributed by atoms with E-state index >= 15 is 0 Å². The Morgan fingerprint density at radius 3 is 2.78 bits per heavy atom. The molecule has 0 unspecified atom stereocenters. The summed E-state index contributed by atoms with van der Waals surface area (Å²) < 4.78 is 12.9. The number of fused-ring (bicyclic) bond motifs is 1. The maximum atomic E-state index is 13.4. The molecule has 2 heterocycles. The van der Waals surface area contributed by atoms with E-state index in [2.05, 4.69) is 26.0 Å². The number of hydrogen-bond donors (Lipinski definition) is 0. The lowest BCUT2D eigenvalue weighted by Gasteiger charge is -2.26. The van der Waals surface area contributed by atoms with E-state index in [9.17, 15) is 19.7 Å². The normalized spacial score (nSPS) is 14.7. The zero-order chi connectivity index (χ0) is 26.5. The lowest BCUT2D eigenvalue weighted by Crippen LogP contribution is -2.43. The van der Waals surface area contributed by atoms with Crippen LogP contribution in [0.15, 0.2) is 50.8 Å². The van der Waals surface area contributed by atoms with E-state index in [0.717, 1.165) is 10.9 Å². The molecule has 0 aliphatic carbocycles. The van der Waals surface area contributed by atoms with Crippen LogP contribution in [0.4, 0.5) is 5.69 Å². The van der Waals surface area contributed by atoms with Crippen LogP contribution in [0.3, 0.4) is 0 Å². The molecule has 1 fully saturated rings. The van der Waals surface area contributed by atoms with Crippen molar-refractivity contribution in [3.8, 4) is 5.75 Å². The number of amides is 1. The number of carbonyl (C=O) groups excluding carboxylic acids is 1. The molecule has 4 rings (SSSR count).